The first-order valence-corrected chi connectivity index (χ1v) is 8.69. The molecule has 0 saturated carbocycles. The van der Waals surface area contributed by atoms with Crippen LogP contribution in [0.15, 0.2) is 16.8 Å². The van der Waals surface area contributed by atoms with Crippen molar-refractivity contribution in [2.24, 2.45) is 5.92 Å². The molecule has 1 amide bonds. The van der Waals surface area contributed by atoms with Gasteiger partial charge in [0.15, 0.2) is 0 Å². The van der Waals surface area contributed by atoms with E-state index in [1.165, 1.54) is 11.3 Å². The van der Waals surface area contributed by atoms with Gasteiger partial charge in [-0.1, -0.05) is 13.8 Å². The third kappa shape index (κ3) is 4.36. The Bertz CT molecular complexity index is 591. The number of aryl methyl sites for hydroxylation is 1. The van der Waals surface area contributed by atoms with Gasteiger partial charge in [-0.3, -0.25) is 4.79 Å². The molecule has 0 aliphatic rings. The number of rotatable bonds is 6. The Kier molecular flexibility index (Phi) is 5.50. The van der Waals surface area contributed by atoms with Crippen LogP contribution in [-0.4, -0.2) is 28.6 Å². The minimum Gasteiger partial charge on any atom is -0.391 e. The van der Waals surface area contributed by atoms with Crippen molar-refractivity contribution in [3.05, 3.63) is 27.4 Å². The number of amides is 1. The molecule has 0 fully saturated rings. The number of hydrogen-bond donors (Lipinski definition) is 2. The quantitative estimate of drug-likeness (QED) is 0.857. The summed E-state index contributed by atoms with van der Waals surface area (Å²) in [6.07, 6.45) is 0.181. The average molecular weight is 324 g/mol. The van der Waals surface area contributed by atoms with Gasteiger partial charge in [0.2, 0.25) is 0 Å². The number of thiophene rings is 1. The van der Waals surface area contributed by atoms with E-state index in [-0.39, 0.29) is 12.5 Å². The van der Waals surface area contributed by atoms with Crippen molar-refractivity contribution in [2.75, 3.05) is 6.54 Å². The maximum atomic E-state index is 12.2. The largest absolute Gasteiger partial charge is 0.391 e. The second-order valence-electron chi connectivity index (χ2n) is 5.44. The van der Waals surface area contributed by atoms with Gasteiger partial charge in [-0.2, -0.15) is 11.3 Å². The summed E-state index contributed by atoms with van der Waals surface area (Å²) in [5.74, 6) is 0.251. The van der Waals surface area contributed by atoms with Gasteiger partial charge in [-0.05, 0) is 30.7 Å². The van der Waals surface area contributed by atoms with Crippen molar-refractivity contribution in [1.29, 1.82) is 0 Å². The molecule has 1 atom stereocenters. The Labute approximate surface area is 132 Å². The zero-order chi connectivity index (χ0) is 15.4. The predicted molar refractivity (Wildman–Crippen MR) is 88.0 cm³/mol. The van der Waals surface area contributed by atoms with E-state index >= 15 is 0 Å². The minimum absolute atomic E-state index is 0.158. The first-order chi connectivity index (χ1) is 9.97. The van der Waals surface area contributed by atoms with E-state index in [9.17, 15) is 9.90 Å². The lowest BCUT2D eigenvalue weighted by Crippen LogP contribution is -2.32. The highest BCUT2D eigenvalue weighted by Gasteiger charge is 2.17. The highest BCUT2D eigenvalue weighted by Crippen LogP contribution is 2.29. The van der Waals surface area contributed by atoms with E-state index in [0.717, 1.165) is 16.3 Å². The SMILES string of the molecule is Cc1nc(-c2ccsc2)sc1C(=O)NCC(O)CC(C)C. The summed E-state index contributed by atoms with van der Waals surface area (Å²) in [6, 6.07) is 2.00. The monoisotopic (exact) mass is 324 g/mol. The number of hydrogen-bond acceptors (Lipinski definition) is 5. The Hall–Kier alpha value is -1.24. The second kappa shape index (κ2) is 7.15. The summed E-state index contributed by atoms with van der Waals surface area (Å²) in [4.78, 5) is 17.3. The third-order valence-electron chi connectivity index (χ3n) is 3.01. The molecular weight excluding hydrogens is 304 g/mol. The molecule has 0 radical (unpaired) electrons. The number of aromatic nitrogens is 1. The van der Waals surface area contributed by atoms with Crippen molar-refractivity contribution in [3.63, 3.8) is 0 Å². The van der Waals surface area contributed by atoms with Crippen molar-refractivity contribution in [1.82, 2.24) is 10.3 Å². The molecule has 0 bridgehead atoms. The Morgan fingerprint density at radius 3 is 2.86 bits per heavy atom. The third-order valence-corrected chi connectivity index (χ3v) is 4.90. The van der Waals surface area contributed by atoms with E-state index in [1.807, 2.05) is 37.6 Å². The van der Waals surface area contributed by atoms with E-state index in [4.69, 9.17) is 0 Å². The number of thiazole rings is 1. The van der Waals surface area contributed by atoms with Crippen LogP contribution in [-0.2, 0) is 0 Å². The van der Waals surface area contributed by atoms with Gasteiger partial charge in [-0.25, -0.2) is 4.98 Å². The van der Waals surface area contributed by atoms with E-state index < -0.39 is 6.10 Å². The summed E-state index contributed by atoms with van der Waals surface area (Å²) in [5.41, 5.74) is 1.78. The zero-order valence-corrected chi connectivity index (χ0v) is 14.1. The normalized spacial score (nSPS) is 12.6. The van der Waals surface area contributed by atoms with Gasteiger partial charge in [0.05, 0.1) is 11.8 Å². The molecule has 0 aliphatic heterocycles. The molecule has 1 unspecified atom stereocenters. The summed E-state index contributed by atoms with van der Waals surface area (Å²) < 4.78 is 0. The first kappa shape index (κ1) is 16.1. The number of aliphatic hydroxyl groups excluding tert-OH is 1. The van der Waals surface area contributed by atoms with Gasteiger partial charge in [0, 0.05) is 17.5 Å². The van der Waals surface area contributed by atoms with Gasteiger partial charge in [0.25, 0.3) is 5.91 Å². The molecule has 2 aromatic rings. The lowest BCUT2D eigenvalue weighted by Gasteiger charge is -2.13. The van der Waals surface area contributed by atoms with Crippen LogP contribution in [0.5, 0.6) is 0 Å². The van der Waals surface area contributed by atoms with Gasteiger partial charge in [0.1, 0.15) is 9.88 Å². The zero-order valence-electron chi connectivity index (χ0n) is 12.4. The summed E-state index contributed by atoms with van der Waals surface area (Å²) in [5, 5.41) is 17.5. The summed E-state index contributed by atoms with van der Waals surface area (Å²) >= 11 is 3.00. The summed E-state index contributed by atoms with van der Waals surface area (Å²) in [6.45, 7) is 6.21. The molecule has 2 aromatic heterocycles. The number of nitrogens with one attached hydrogen (secondary N) is 1. The molecule has 0 spiro atoms. The smallest absolute Gasteiger partial charge is 0.263 e. The molecule has 6 heteroatoms. The minimum atomic E-state index is -0.501. The number of nitrogens with zero attached hydrogens (tertiary/aromatic N) is 1. The van der Waals surface area contributed by atoms with Crippen molar-refractivity contribution in [2.45, 2.75) is 33.3 Å². The van der Waals surface area contributed by atoms with E-state index in [1.54, 1.807) is 11.3 Å². The van der Waals surface area contributed by atoms with Crippen LogP contribution < -0.4 is 5.32 Å². The molecule has 2 rings (SSSR count). The number of carbonyl (C=O) groups is 1. The second-order valence-corrected chi connectivity index (χ2v) is 7.22. The molecule has 21 heavy (non-hydrogen) atoms. The maximum absolute atomic E-state index is 12.2. The van der Waals surface area contributed by atoms with Crippen LogP contribution in [0.3, 0.4) is 0 Å². The van der Waals surface area contributed by atoms with Crippen LogP contribution in [0.4, 0.5) is 0 Å². The van der Waals surface area contributed by atoms with Gasteiger partial charge < -0.3 is 10.4 Å². The fourth-order valence-electron chi connectivity index (χ4n) is 2.03. The van der Waals surface area contributed by atoms with Crippen molar-refractivity contribution < 1.29 is 9.90 Å². The van der Waals surface area contributed by atoms with Crippen LogP contribution >= 0.6 is 22.7 Å². The molecule has 0 aliphatic carbocycles. The van der Waals surface area contributed by atoms with Gasteiger partial charge in [-0.15, -0.1) is 11.3 Å². The van der Waals surface area contributed by atoms with E-state index in [2.05, 4.69) is 10.3 Å². The Morgan fingerprint density at radius 1 is 1.48 bits per heavy atom. The topological polar surface area (TPSA) is 62.2 Å². The number of carbonyl (C=O) groups excluding carboxylic acids is 1. The predicted octanol–water partition coefficient (Wildman–Crippen LogP) is 3.32. The lowest BCUT2D eigenvalue weighted by molar-refractivity contribution is 0.0903. The molecule has 0 aromatic carbocycles. The highest BCUT2D eigenvalue weighted by atomic mass is 32.1. The lowest BCUT2D eigenvalue weighted by atomic mass is 10.1. The highest BCUT2D eigenvalue weighted by molar-refractivity contribution is 7.17. The molecule has 2 heterocycles. The first-order valence-electron chi connectivity index (χ1n) is 6.93. The fraction of sp³-hybridized carbons (Fsp3) is 0.467. The molecule has 0 saturated heterocycles. The average Bonchev–Trinajstić information content (AvgIpc) is 3.04. The Balaban J connectivity index is 2.00. The summed E-state index contributed by atoms with van der Waals surface area (Å²) in [7, 11) is 0. The molecule has 114 valence electrons. The maximum Gasteiger partial charge on any atom is 0.263 e. The standard InChI is InChI=1S/C15H20N2O2S2/c1-9(2)6-12(18)7-16-14(19)13-10(3)17-15(21-13)11-4-5-20-8-11/h4-5,8-9,12,18H,6-7H2,1-3H3,(H,16,19). The van der Waals surface area contributed by atoms with Crippen LogP contribution in [0.25, 0.3) is 10.6 Å². The molecule has 4 nitrogen and oxygen atoms in total. The molecule has 2 N–H and O–H groups in total. The van der Waals surface area contributed by atoms with Crippen molar-refractivity contribution >= 4 is 28.6 Å². The molecular formula is C15H20N2O2S2. The fourth-order valence-corrected chi connectivity index (χ4v) is 3.73. The van der Waals surface area contributed by atoms with Crippen LogP contribution in [0.2, 0.25) is 0 Å². The Morgan fingerprint density at radius 2 is 2.24 bits per heavy atom. The van der Waals surface area contributed by atoms with Gasteiger partial charge >= 0.3 is 0 Å². The van der Waals surface area contributed by atoms with Crippen LogP contribution in [0.1, 0.15) is 35.6 Å². The number of aliphatic hydroxyl groups is 1. The van der Waals surface area contributed by atoms with Crippen LogP contribution in [0, 0.1) is 12.8 Å². The van der Waals surface area contributed by atoms with Crippen molar-refractivity contribution in [3.8, 4) is 10.6 Å². The van der Waals surface area contributed by atoms with E-state index in [0.29, 0.717) is 17.2 Å².